The van der Waals surface area contributed by atoms with Crippen LogP contribution in [0.2, 0.25) is 0 Å². The van der Waals surface area contributed by atoms with E-state index in [9.17, 15) is 13.2 Å². The van der Waals surface area contributed by atoms with Crippen molar-refractivity contribution in [3.05, 3.63) is 47.5 Å². The van der Waals surface area contributed by atoms with E-state index in [4.69, 9.17) is 9.15 Å². The maximum absolute atomic E-state index is 12.0. The molecule has 0 radical (unpaired) electrons. The average Bonchev–Trinajstić information content (AvgIpc) is 2.98. The van der Waals surface area contributed by atoms with Crippen molar-refractivity contribution in [2.24, 2.45) is 0 Å². The van der Waals surface area contributed by atoms with E-state index in [-0.39, 0.29) is 23.8 Å². The lowest BCUT2D eigenvalue weighted by Crippen LogP contribution is -2.22. The van der Waals surface area contributed by atoms with Gasteiger partial charge in [0.2, 0.25) is 5.88 Å². The summed E-state index contributed by atoms with van der Waals surface area (Å²) in [5.41, 5.74) is 0.815. The number of rotatable bonds is 8. The number of aromatic nitrogens is 1. The number of sulfone groups is 1. The maximum atomic E-state index is 12.0. The van der Waals surface area contributed by atoms with E-state index in [1.54, 1.807) is 12.3 Å². The third kappa shape index (κ3) is 5.69. The molecule has 24 heavy (non-hydrogen) atoms. The molecule has 0 spiro atoms. The molecule has 1 N–H and O–H groups in total. The summed E-state index contributed by atoms with van der Waals surface area (Å²) in [5.74, 6) is 0.208. The van der Waals surface area contributed by atoms with E-state index < -0.39 is 15.7 Å². The second-order valence-corrected chi connectivity index (χ2v) is 7.51. The highest BCUT2D eigenvalue weighted by Crippen LogP contribution is 2.12. The molecule has 0 unspecified atom stereocenters. The van der Waals surface area contributed by atoms with Crippen molar-refractivity contribution in [1.82, 2.24) is 10.3 Å². The molecule has 0 aliphatic rings. The smallest absolute Gasteiger partial charge is 0.287 e. The number of pyridine rings is 1. The predicted molar refractivity (Wildman–Crippen MR) is 88.4 cm³/mol. The average molecular weight is 352 g/mol. The summed E-state index contributed by atoms with van der Waals surface area (Å²) in [6, 6.07) is 6.50. The molecule has 0 atom stereocenters. The van der Waals surface area contributed by atoms with Crippen molar-refractivity contribution in [2.75, 3.05) is 12.9 Å². The summed E-state index contributed by atoms with van der Waals surface area (Å²) in [6.07, 6.45) is 3.64. The number of carbonyl (C=O) groups excluding carboxylic acids is 1. The highest BCUT2D eigenvalue weighted by atomic mass is 32.2. The predicted octanol–water partition coefficient (Wildman–Crippen LogP) is 1.94. The van der Waals surface area contributed by atoms with E-state index >= 15 is 0 Å². The molecular weight excluding hydrogens is 332 g/mol. The molecule has 2 aromatic heterocycles. The van der Waals surface area contributed by atoms with Crippen molar-refractivity contribution in [1.29, 1.82) is 0 Å². The molecule has 0 bridgehead atoms. The van der Waals surface area contributed by atoms with Crippen molar-refractivity contribution in [3.63, 3.8) is 0 Å². The van der Waals surface area contributed by atoms with Crippen molar-refractivity contribution in [2.45, 2.75) is 25.6 Å². The summed E-state index contributed by atoms with van der Waals surface area (Å²) in [7, 11) is -3.20. The Labute approximate surface area is 141 Å². The van der Waals surface area contributed by atoms with E-state index in [1.807, 2.05) is 13.0 Å². The minimum Gasteiger partial charge on any atom is -0.478 e. The molecule has 0 fully saturated rings. The summed E-state index contributed by atoms with van der Waals surface area (Å²) >= 11 is 0. The molecule has 2 aromatic rings. The summed E-state index contributed by atoms with van der Waals surface area (Å²) < 4.78 is 33.0. The van der Waals surface area contributed by atoms with Crippen molar-refractivity contribution < 1.29 is 22.4 Å². The third-order valence-corrected chi connectivity index (χ3v) is 3.80. The lowest BCUT2D eigenvalue weighted by molar-refractivity contribution is 0.0921. The van der Waals surface area contributed by atoms with Crippen LogP contribution in [0.3, 0.4) is 0 Å². The van der Waals surface area contributed by atoms with Gasteiger partial charge in [0.05, 0.1) is 6.61 Å². The fraction of sp³-hybridized carbons (Fsp3) is 0.375. The fourth-order valence-electron chi connectivity index (χ4n) is 1.91. The molecular formula is C16H20N2O5S. The van der Waals surface area contributed by atoms with Gasteiger partial charge in [0.15, 0.2) is 15.6 Å². The van der Waals surface area contributed by atoms with Crippen molar-refractivity contribution >= 4 is 15.7 Å². The quantitative estimate of drug-likeness (QED) is 0.779. The van der Waals surface area contributed by atoms with Gasteiger partial charge in [-0.25, -0.2) is 13.4 Å². The Morgan fingerprint density at radius 1 is 1.29 bits per heavy atom. The standard InChI is InChI=1S/C16H20N2O5S/c1-3-8-22-15-7-4-12(9-17-15)10-18-16(19)14-6-5-13(23-14)11-24(2,20)21/h4-7,9H,3,8,10-11H2,1-2H3,(H,18,19). The van der Waals surface area contributed by atoms with Gasteiger partial charge >= 0.3 is 0 Å². The number of hydrogen-bond acceptors (Lipinski definition) is 6. The number of carbonyl (C=O) groups is 1. The summed E-state index contributed by atoms with van der Waals surface area (Å²) in [6.45, 7) is 2.90. The van der Waals surface area contributed by atoms with E-state index in [2.05, 4.69) is 10.3 Å². The first kappa shape index (κ1) is 18.0. The summed E-state index contributed by atoms with van der Waals surface area (Å²) in [5, 5.41) is 2.69. The minimum atomic E-state index is -3.20. The van der Waals surface area contributed by atoms with Gasteiger partial charge in [0.25, 0.3) is 5.91 Å². The number of hydrogen-bond donors (Lipinski definition) is 1. The zero-order chi connectivity index (χ0) is 17.6. The number of furan rings is 1. The van der Waals surface area contributed by atoms with Crippen LogP contribution in [0, 0.1) is 0 Å². The van der Waals surface area contributed by atoms with E-state index in [1.165, 1.54) is 12.1 Å². The van der Waals surface area contributed by atoms with Crippen LogP contribution in [0.4, 0.5) is 0 Å². The number of nitrogens with one attached hydrogen (secondary N) is 1. The highest BCUT2D eigenvalue weighted by molar-refractivity contribution is 7.89. The second kappa shape index (κ2) is 7.96. The molecule has 8 heteroatoms. The zero-order valence-corrected chi connectivity index (χ0v) is 14.4. The van der Waals surface area contributed by atoms with Crippen LogP contribution >= 0.6 is 0 Å². The third-order valence-electron chi connectivity index (χ3n) is 2.99. The second-order valence-electron chi connectivity index (χ2n) is 5.37. The van der Waals surface area contributed by atoms with Gasteiger partial charge in [0.1, 0.15) is 11.5 Å². The molecule has 130 valence electrons. The first-order valence-electron chi connectivity index (χ1n) is 7.50. The Bertz CT molecular complexity index is 781. The molecule has 0 saturated heterocycles. The SMILES string of the molecule is CCCOc1ccc(CNC(=O)c2ccc(CS(C)(=O)=O)o2)cn1. The lowest BCUT2D eigenvalue weighted by Gasteiger charge is -2.06. The molecule has 2 rings (SSSR count). The van der Waals surface area contributed by atoms with E-state index in [0.29, 0.717) is 12.5 Å². The van der Waals surface area contributed by atoms with Crippen LogP contribution in [0.5, 0.6) is 5.88 Å². The van der Waals surface area contributed by atoms with Crippen LogP contribution in [0.25, 0.3) is 0 Å². The fourth-order valence-corrected chi connectivity index (χ4v) is 2.58. The number of nitrogens with zero attached hydrogens (tertiary/aromatic N) is 1. The van der Waals surface area contributed by atoms with Crippen LogP contribution < -0.4 is 10.1 Å². The Balaban J connectivity index is 1.88. The maximum Gasteiger partial charge on any atom is 0.287 e. The van der Waals surface area contributed by atoms with Crippen molar-refractivity contribution in [3.8, 4) is 5.88 Å². The van der Waals surface area contributed by atoms with Gasteiger partial charge < -0.3 is 14.5 Å². The first-order valence-corrected chi connectivity index (χ1v) is 9.56. The first-order chi connectivity index (χ1) is 11.4. The van der Waals surface area contributed by atoms with Gasteiger partial charge in [-0.05, 0) is 24.1 Å². The largest absolute Gasteiger partial charge is 0.478 e. The Morgan fingerprint density at radius 3 is 2.71 bits per heavy atom. The Kier molecular flexibility index (Phi) is 5.97. The molecule has 1 amide bonds. The monoisotopic (exact) mass is 352 g/mol. The van der Waals surface area contributed by atoms with Crippen LogP contribution in [0.15, 0.2) is 34.9 Å². The lowest BCUT2D eigenvalue weighted by atomic mass is 10.3. The van der Waals surface area contributed by atoms with Gasteiger partial charge in [-0.3, -0.25) is 4.79 Å². The molecule has 0 aromatic carbocycles. The van der Waals surface area contributed by atoms with Gasteiger partial charge in [0, 0.05) is 25.1 Å². The molecule has 0 saturated carbocycles. The number of ether oxygens (including phenoxy) is 1. The zero-order valence-electron chi connectivity index (χ0n) is 13.6. The van der Waals surface area contributed by atoms with Gasteiger partial charge in [-0.15, -0.1) is 0 Å². The topological polar surface area (TPSA) is 98.5 Å². The number of amides is 1. The van der Waals surface area contributed by atoms with Crippen LogP contribution in [0.1, 0.15) is 35.2 Å². The molecule has 0 aliphatic heterocycles. The molecule has 7 nitrogen and oxygen atoms in total. The van der Waals surface area contributed by atoms with E-state index in [0.717, 1.165) is 18.2 Å². The van der Waals surface area contributed by atoms with Crippen LogP contribution in [-0.4, -0.2) is 32.2 Å². The highest BCUT2D eigenvalue weighted by Gasteiger charge is 2.14. The minimum absolute atomic E-state index is 0.0736. The van der Waals surface area contributed by atoms with Gasteiger partial charge in [-0.2, -0.15) is 0 Å². The normalized spacial score (nSPS) is 11.2. The Hall–Kier alpha value is -2.35. The van der Waals surface area contributed by atoms with Crippen LogP contribution in [-0.2, 0) is 22.1 Å². The van der Waals surface area contributed by atoms with Gasteiger partial charge in [-0.1, -0.05) is 13.0 Å². The summed E-state index contributed by atoms with van der Waals surface area (Å²) in [4.78, 5) is 16.2. The molecule has 2 heterocycles. The Morgan fingerprint density at radius 2 is 2.08 bits per heavy atom. The molecule has 0 aliphatic carbocycles.